The average Bonchev–Trinajstić information content (AvgIpc) is 3.16. The minimum absolute atomic E-state index is 0.0453. The van der Waals surface area contributed by atoms with Crippen LogP contribution in [0.2, 0.25) is 0 Å². The standard InChI is InChI=1S/C22H21N3O2S/c1-16(2)25-15-21(22(23-25)18-10-4-3-5-11-18)28(26,27)24-20-14-8-12-17-9-6-7-13-19(17)20/h3-16,24H,1-2H3. The van der Waals surface area contributed by atoms with E-state index in [9.17, 15) is 8.42 Å². The summed E-state index contributed by atoms with van der Waals surface area (Å²) in [7, 11) is -3.83. The number of hydrogen-bond donors (Lipinski definition) is 1. The Morgan fingerprint density at radius 3 is 2.32 bits per heavy atom. The van der Waals surface area contributed by atoms with Crippen LogP contribution in [-0.4, -0.2) is 18.2 Å². The van der Waals surface area contributed by atoms with Crippen LogP contribution >= 0.6 is 0 Å². The zero-order chi connectivity index (χ0) is 19.7. The number of benzene rings is 3. The SMILES string of the molecule is CC(C)n1cc(S(=O)(=O)Nc2cccc3ccccc23)c(-c2ccccc2)n1. The minimum Gasteiger partial charge on any atom is -0.279 e. The quantitative estimate of drug-likeness (QED) is 0.516. The third-order valence-corrected chi connectivity index (χ3v) is 5.96. The molecule has 0 fully saturated rings. The fraction of sp³-hybridized carbons (Fsp3) is 0.136. The number of sulfonamides is 1. The van der Waals surface area contributed by atoms with E-state index in [0.717, 1.165) is 16.3 Å². The molecule has 0 radical (unpaired) electrons. The second-order valence-corrected chi connectivity index (χ2v) is 8.56. The van der Waals surface area contributed by atoms with Crippen LogP contribution in [0.5, 0.6) is 0 Å². The van der Waals surface area contributed by atoms with Crippen molar-refractivity contribution in [2.24, 2.45) is 0 Å². The van der Waals surface area contributed by atoms with E-state index >= 15 is 0 Å². The van der Waals surface area contributed by atoms with Crippen molar-refractivity contribution in [3.8, 4) is 11.3 Å². The Kier molecular flexibility index (Phi) is 4.65. The lowest BCUT2D eigenvalue weighted by atomic mass is 10.1. The van der Waals surface area contributed by atoms with Crippen molar-refractivity contribution >= 4 is 26.5 Å². The highest BCUT2D eigenvalue weighted by Gasteiger charge is 2.25. The van der Waals surface area contributed by atoms with Gasteiger partial charge in [0.05, 0.1) is 5.69 Å². The third-order valence-electron chi connectivity index (χ3n) is 4.60. The van der Waals surface area contributed by atoms with Crippen molar-refractivity contribution in [1.29, 1.82) is 0 Å². The monoisotopic (exact) mass is 391 g/mol. The zero-order valence-electron chi connectivity index (χ0n) is 15.7. The molecule has 0 atom stereocenters. The molecule has 0 unspecified atom stereocenters. The summed E-state index contributed by atoms with van der Waals surface area (Å²) in [6.45, 7) is 3.94. The van der Waals surface area contributed by atoms with Crippen molar-refractivity contribution in [1.82, 2.24) is 9.78 Å². The van der Waals surface area contributed by atoms with Gasteiger partial charge in [0.1, 0.15) is 10.6 Å². The van der Waals surface area contributed by atoms with E-state index in [2.05, 4.69) is 9.82 Å². The molecule has 0 saturated carbocycles. The van der Waals surface area contributed by atoms with E-state index in [0.29, 0.717) is 11.4 Å². The van der Waals surface area contributed by atoms with Crippen molar-refractivity contribution in [2.45, 2.75) is 24.8 Å². The number of nitrogens with zero attached hydrogens (tertiary/aromatic N) is 2. The summed E-state index contributed by atoms with van der Waals surface area (Å²) >= 11 is 0. The number of aromatic nitrogens is 2. The molecule has 0 aliphatic rings. The molecular weight excluding hydrogens is 370 g/mol. The van der Waals surface area contributed by atoms with E-state index in [4.69, 9.17) is 0 Å². The highest BCUT2D eigenvalue weighted by molar-refractivity contribution is 7.92. The van der Waals surface area contributed by atoms with Gasteiger partial charge in [-0.05, 0) is 25.3 Å². The predicted octanol–water partition coefficient (Wildman–Crippen LogP) is 5.09. The normalized spacial score (nSPS) is 11.8. The number of hydrogen-bond acceptors (Lipinski definition) is 3. The van der Waals surface area contributed by atoms with Crippen LogP contribution in [0.4, 0.5) is 5.69 Å². The largest absolute Gasteiger partial charge is 0.279 e. The Hall–Kier alpha value is -3.12. The van der Waals surface area contributed by atoms with E-state index < -0.39 is 10.0 Å². The Labute approximate surface area is 164 Å². The van der Waals surface area contributed by atoms with Gasteiger partial charge in [0.2, 0.25) is 0 Å². The first kappa shape index (κ1) is 18.3. The van der Waals surface area contributed by atoms with Crippen LogP contribution in [0.3, 0.4) is 0 Å². The van der Waals surface area contributed by atoms with Crippen LogP contribution in [0.25, 0.3) is 22.0 Å². The lowest BCUT2D eigenvalue weighted by molar-refractivity contribution is 0.532. The molecule has 1 N–H and O–H groups in total. The molecule has 28 heavy (non-hydrogen) atoms. The van der Waals surface area contributed by atoms with Crippen molar-refractivity contribution in [2.75, 3.05) is 4.72 Å². The molecule has 1 heterocycles. The molecule has 6 heteroatoms. The van der Waals surface area contributed by atoms with E-state index in [-0.39, 0.29) is 10.9 Å². The van der Waals surface area contributed by atoms with Gasteiger partial charge in [0.25, 0.3) is 10.0 Å². The first-order valence-electron chi connectivity index (χ1n) is 9.11. The Morgan fingerprint density at radius 1 is 0.893 bits per heavy atom. The molecule has 142 valence electrons. The molecule has 5 nitrogen and oxygen atoms in total. The smallest absolute Gasteiger partial charge is 0.265 e. The molecule has 3 aromatic carbocycles. The fourth-order valence-electron chi connectivity index (χ4n) is 3.15. The highest BCUT2D eigenvalue weighted by Crippen LogP contribution is 2.30. The van der Waals surface area contributed by atoms with E-state index in [1.54, 1.807) is 16.9 Å². The zero-order valence-corrected chi connectivity index (χ0v) is 16.5. The van der Waals surface area contributed by atoms with Crippen LogP contribution in [0.1, 0.15) is 19.9 Å². The van der Waals surface area contributed by atoms with Gasteiger partial charge < -0.3 is 0 Å². The van der Waals surface area contributed by atoms with E-state index in [1.165, 1.54) is 0 Å². The molecule has 4 rings (SSSR count). The Balaban J connectivity index is 1.83. The summed E-state index contributed by atoms with van der Waals surface area (Å²) in [6.07, 6.45) is 1.60. The van der Waals surface area contributed by atoms with E-state index in [1.807, 2.05) is 80.6 Å². The van der Waals surface area contributed by atoms with Crippen LogP contribution in [0.15, 0.2) is 83.9 Å². The average molecular weight is 391 g/mol. The van der Waals surface area contributed by atoms with Crippen molar-refractivity contribution in [3.05, 3.63) is 79.0 Å². The summed E-state index contributed by atoms with van der Waals surface area (Å²) in [5, 5.41) is 6.38. The van der Waals surface area contributed by atoms with Gasteiger partial charge in [-0.1, -0.05) is 66.7 Å². The summed E-state index contributed by atoms with van der Waals surface area (Å²) < 4.78 is 31.1. The van der Waals surface area contributed by atoms with Crippen LogP contribution in [-0.2, 0) is 10.0 Å². The van der Waals surface area contributed by atoms with Gasteiger partial charge in [-0.3, -0.25) is 9.40 Å². The predicted molar refractivity (Wildman–Crippen MR) is 113 cm³/mol. The first-order valence-corrected chi connectivity index (χ1v) is 10.6. The second-order valence-electron chi connectivity index (χ2n) is 6.91. The molecule has 0 spiro atoms. The van der Waals surface area contributed by atoms with Gasteiger partial charge in [-0.25, -0.2) is 8.42 Å². The minimum atomic E-state index is -3.83. The summed E-state index contributed by atoms with van der Waals surface area (Å²) in [5.41, 5.74) is 1.76. The van der Waals surface area contributed by atoms with Crippen molar-refractivity contribution < 1.29 is 8.42 Å². The van der Waals surface area contributed by atoms with Crippen molar-refractivity contribution in [3.63, 3.8) is 0 Å². The topological polar surface area (TPSA) is 64.0 Å². The van der Waals surface area contributed by atoms with Gasteiger partial charge in [0.15, 0.2) is 0 Å². The Bertz CT molecular complexity index is 1220. The third kappa shape index (κ3) is 3.39. The molecule has 0 aliphatic heterocycles. The maximum atomic E-state index is 13.3. The first-order chi connectivity index (χ1) is 13.5. The molecule has 1 aromatic heterocycles. The number of anilines is 1. The number of fused-ring (bicyclic) bond motifs is 1. The lowest BCUT2D eigenvalue weighted by Crippen LogP contribution is -2.13. The molecule has 0 saturated heterocycles. The van der Waals surface area contributed by atoms with Crippen LogP contribution < -0.4 is 4.72 Å². The van der Waals surface area contributed by atoms with Gasteiger partial charge in [0, 0.05) is 23.2 Å². The number of rotatable bonds is 5. The molecule has 4 aromatic rings. The molecule has 0 bridgehead atoms. The van der Waals surface area contributed by atoms with Gasteiger partial charge in [-0.15, -0.1) is 0 Å². The number of nitrogens with one attached hydrogen (secondary N) is 1. The molecule has 0 aliphatic carbocycles. The second kappa shape index (κ2) is 7.13. The molecule has 0 amide bonds. The highest BCUT2D eigenvalue weighted by atomic mass is 32.2. The summed E-state index contributed by atoms with van der Waals surface area (Å²) in [4.78, 5) is 0.167. The van der Waals surface area contributed by atoms with Gasteiger partial charge >= 0.3 is 0 Å². The maximum absolute atomic E-state index is 13.3. The maximum Gasteiger partial charge on any atom is 0.265 e. The summed E-state index contributed by atoms with van der Waals surface area (Å²) in [6, 6.07) is 22.7. The molecular formula is C22H21N3O2S. The Morgan fingerprint density at radius 2 is 1.57 bits per heavy atom. The fourth-order valence-corrected chi connectivity index (χ4v) is 4.38. The van der Waals surface area contributed by atoms with Crippen LogP contribution in [0, 0.1) is 0 Å². The van der Waals surface area contributed by atoms with Gasteiger partial charge in [-0.2, -0.15) is 5.10 Å². The lowest BCUT2D eigenvalue weighted by Gasteiger charge is -2.11. The summed E-state index contributed by atoms with van der Waals surface area (Å²) in [5.74, 6) is 0.